The zero-order valence-electron chi connectivity index (χ0n) is 10.4. The smallest absolute Gasteiger partial charge is 0.227 e. The van der Waals surface area contributed by atoms with Gasteiger partial charge in [-0.2, -0.15) is 0 Å². The Bertz CT molecular complexity index is 246. The van der Waals surface area contributed by atoms with Gasteiger partial charge in [0, 0.05) is 18.7 Å². The van der Waals surface area contributed by atoms with E-state index in [1.54, 1.807) is 0 Å². The minimum Gasteiger partial charge on any atom is -0.396 e. The Labute approximate surface area is 97.6 Å². The van der Waals surface area contributed by atoms with Gasteiger partial charge in [-0.25, -0.2) is 0 Å². The van der Waals surface area contributed by atoms with Gasteiger partial charge in [-0.3, -0.25) is 4.79 Å². The first-order valence-corrected chi connectivity index (χ1v) is 6.15. The molecule has 0 bridgehead atoms. The fourth-order valence-electron chi connectivity index (χ4n) is 2.11. The van der Waals surface area contributed by atoms with Gasteiger partial charge in [0.05, 0.1) is 5.41 Å². The molecule has 1 atom stereocenters. The molecule has 0 saturated heterocycles. The van der Waals surface area contributed by atoms with Gasteiger partial charge < -0.3 is 16.2 Å². The van der Waals surface area contributed by atoms with Crippen LogP contribution >= 0.6 is 0 Å². The van der Waals surface area contributed by atoms with Crippen LogP contribution < -0.4 is 11.1 Å². The lowest BCUT2D eigenvalue weighted by molar-refractivity contribution is -0.137. The van der Waals surface area contributed by atoms with Gasteiger partial charge in [0.2, 0.25) is 5.91 Å². The Kier molecular flexibility index (Phi) is 4.33. The maximum Gasteiger partial charge on any atom is 0.227 e. The molecule has 0 aromatic rings. The molecule has 1 fully saturated rings. The van der Waals surface area contributed by atoms with Crippen molar-refractivity contribution in [1.29, 1.82) is 0 Å². The average molecular weight is 228 g/mol. The van der Waals surface area contributed by atoms with Crippen LogP contribution in [0.1, 0.15) is 46.0 Å². The Hall–Kier alpha value is -0.610. The summed E-state index contributed by atoms with van der Waals surface area (Å²) in [5.74, 6) is 0.0686. The molecule has 0 heterocycles. The molecule has 4 N–H and O–H groups in total. The van der Waals surface area contributed by atoms with Crippen LogP contribution in [-0.4, -0.2) is 29.7 Å². The van der Waals surface area contributed by atoms with Crippen molar-refractivity contribution in [2.24, 2.45) is 11.1 Å². The highest BCUT2D eigenvalue weighted by atomic mass is 16.3. The summed E-state index contributed by atoms with van der Waals surface area (Å²) >= 11 is 0. The van der Waals surface area contributed by atoms with E-state index >= 15 is 0 Å². The van der Waals surface area contributed by atoms with E-state index in [0.717, 1.165) is 25.7 Å². The Balaban J connectivity index is 2.61. The summed E-state index contributed by atoms with van der Waals surface area (Å²) in [5.41, 5.74) is 5.06. The number of amides is 1. The van der Waals surface area contributed by atoms with E-state index < -0.39 is 0 Å². The van der Waals surface area contributed by atoms with Crippen LogP contribution in [-0.2, 0) is 4.79 Å². The second kappa shape index (κ2) is 5.15. The Morgan fingerprint density at radius 2 is 2.19 bits per heavy atom. The van der Waals surface area contributed by atoms with Crippen LogP contribution in [0.15, 0.2) is 0 Å². The molecule has 94 valence electrons. The maximum atomic E-state index is 12.2. The zero-order valence-corrected chi connectivity index (χ0v) is 10.4. The van der Waals surface area contributed by atoms with Crippen LogP contribution in [0, 0.1) is 5.41 Å². The first-order chi connectivity index (χ1) is 7.52. The number of carbonyl (C=O) groups is 1. The van der Waals surface area contributed by atoms with Gasteiger partial charge in [-0.15, -0.1) is 0 Å². The van der Waals surface area contributed by atoms with Crippen molar-refractivity contribution >= 4 is 5.91 Å². The minimum atomic E-state index is -0.327. The quantitative estimate of drug-likeness (QED) is 0.629. The average Bonchev–Trinajstić information content (AvgIpc) is 2.17. The third-order valence-electron chi connectivity index (χ3n) is 4.04. The van der Waals surface area contributed by atoms with E-state index in [-0.39, 0.29) is 23.5 Å². The molecule has 0 spiro atoms. The molecule has 0 aromatic heterocycles. The molecule has 1 saturated carbocycles. The summed E-state index contributed by atoms with van der Waals surface area (Å²) in [4.78, 5) is 12.2. The lowest BCUT2D eigenvalue weighted by atomic mass is 9.67. The van der Waals surface area contributed by atoms with Crippen molar-refractivity contribution in [2.75, 3.05) is 13.2 Å². The van der Waals surface area contributed by atoms with E-state index in [4.69, 9.17) is 10.8 Å². The molecule has 1 amide bonds. The van der Waals surface area contributed by atoms with Gasteiger partial charge in [0.15, 0.2) is 0 Å². The lowest BCUT2D eigenvalue weighted by Crippen LogP contribution is -2.56. The molecule has 4 heteroatoms. The number of hydrogen-bond acceptors (Lipinski definition) is 3. The number of nitrogens with one attached hydrogen (secondary N) is 1. The standard InChI is InChI=1S/C12H24N2O2/c1-3-11(2,7-8-15)14-10(16)12(9-13)5-4-6-12/h15H,3-9,13H2,1-2H3,(H,14,16). The number of aliphatic hydroxyl groups excluding tert-OH is 1. The van der Waals surface area contributed by atoms with Crippen molar-refractivity contribution < 1.29 is 9.90 Å². The molecular formula is C12H24N2O2. The molecule has 1 aliphatic carbocycles. The van der Waals surface area contributed by atoms with Gasteiger partial charge in [-0.1, -0.05) is 13.3 Å². The summed E-state index contributed by atoms with van der Waals surface area (Å²) in [6.45, 7) is 4.52. The van der Waals surface area contributed by atoms with Gasteiger partial charge in [0.1, 0.15) is 0 Å². The number of carbonyl (C=O) groups excluding carboxylic acids is 1. The molecule has 1 aliphatic rings. The Morgan fingerprint density at radius 3 is 2.50 bits per heavy atom. The second-order valence-corrected chi connectivity index (χ2v) is 5.18. The third kappa shape index (κ3) is 2.55. The highest BCUT2D eigenvalue weighted by Crippen LogP contribution is 2.40. The number of hydrogen-bond donors (Lipinski definition) is 3. The number of nitrogens with two attached hydrogens (primary N) is 1. The van der Waals surface area contributed by atoms with Gasteiger partial charge in [-0.05, 0) is 32.6 Å². The summed E-state index contributed by atoms with van der Waals surface area (Å²) in [6, 6.07) is 0. The van der Waals surface area contributed by atoms with Crippen LogP contribution in [0.5, 0.6) is 0 Å². The minimum absolute atomic E-state index is 0.0686. The molecular weight excluding hydrogens is 204 g/mol. The van der Waals surface area contributed by atoms with Crippen molar-refractivity contribution in [3.8, 4) is 0 Å². The third-order valence-corrected chi connectivity index (χ3v) is 4.04. The van der Waals surface area contributed by atoms with Crippen LogP contribution in [0.4, 0.5) is 0 Å². The molecule has 4 nitrogen and oxygen atoms in total. The van der Waals surface area contributed by atoms with Crippen LogP contribution in [0.3, 0.4) is 0 Å². The predicted molar refractivity (Wildman–Crippen MR) is 63.9 cm³/mol. The SMILES string of the molecule is CCC(C)(CCO)NC(=O)C1(CN)CCC1. The van der Waals surface area contributed by atoms with Crippen molar-refractivity contribution in [3.05, 3.63) is 0 Å². The molecule has 1 unspecified atom stereocenters. The summed E-state index contributed by atoms with van der Waals surface area (Å²) in [6.07, 6.45) is 4.30. The summed E-state index contributed by atoms with van der Waals surface area (Å²) in [5, 5.41) is 12.1. The molecule has 0 radical (unpaired) electrons. The van der Waals surface area contributed by atoms with Gasteiger partial charge >= 0.3 is 0 Å². The van der Waals surface area contributed by atoms with E-state index in [1.165, 1.54) is 0 Å². The first kappa shape index (κ1) is 13.5. The first-order valence-electron chi connectivity index (χ1n) is 6.15. The summed E-state index contributed by atoms with van der Waals surface area (Å²) < 4.78 is 0. The van der Waals surface area contributed by atoms with E-state index in [1.807, 2.05) is 13.8 Å². The van der Waals surface area contributed by atoms with Gasteiger partial charge in [0.25, 0.3) is 0 Å². The highest BCUT2D eigenvalue weighted by Gasteiger charge is 2.44. The monoisotopic (exact) mass is 228 g/mol. The fourth-order valence-corrected chi connectivity index (χ4v) is 2.11. The van der Waals surface area contributed by atoms with Crippen LogP contribution in [0.25, 0.3) is 0 Å². The molecule has 16 heavy (non-hydrogen) atoms. The van der Waals surface area contributed by atoms with E-state index in [2.05, 4.69) is 5.32 Å². The summed E-state index contributed by atoms with van der Waals surface area (Å²) in [7, 11) is 0. The molecule has 0 aliphatic heterocycles. The Morgan fingerprint density at radius 1 is 1.56 bits per heavy atom. The van der Waals surface area contributed by atoms with Crippen molar-refractivity contribution in [3.63, 3.8) is 0 Å². The number of aliphatic hydroxyl groups is 1. The molecule has 1 rings (SSSR count). The maximum absolute atomic E-state index is 12.2. The largest absolute Gasteiger partial charge is 0.396 e. The van der Waals surface area contributed by atoms with Crippen LogP contribution in [0.2, 0.25) is 0 Å². The van der Waals surface area contributed by atoms with E-state index in [0.29, 0.717) is 13.0 Å². The van der Waals surface area contributed by atoms with Crippen molar-refractivity contribution in [1.82, 2.24) is 5.32 Å². The zero-order chi connectivity index (χ0) is 12.2. The van der Waals surface area contributed by atoms with Crippen molar-refractivity contribution in [2.45, 2.75) is 51.5 Å². The molecule has 0 aromatic carbocycles. The second-order valence-electron chi connectivity index (χ2n) is 5.18. The normalized spacial score (nSPS) is 22.0. The lowest BCUT2D eigenvalue weighted by Gasteiger charge is -2.42. The predicted octanol–water partition coefficient (Wildman–Crippen LogP) is 0.783. The fraction of sp³-hybridized carbons (Fsp3) is 0.917. The van der Waals surface area contributed by atoms with E-state index in [9.17, 15) is 4.79 Å². The number of rotatable bonds is 6. The highest BCUT2D eigenvalue weighted by molar-refractivity contribution is 5.84. The topological polar surface area (TPSA) is 75.3 Å².